The Hall–Kier alpha value is -7.86. The van der Waals surface area contributed by atoms with Crippen LogP contribution in [0.4, 0.5) is 11.4 Å². The highest BCUT2D eigenvalue weighted by Crippen LogP contribution is 2.43. The molecule has 0 aromatic heterocycles. The number of quaternary nitrogens is 1. The zero-order valence-electron chi connectivity index (χ0n) is 45.4. The molecule has 0 fully saturated rings. The van der Waals surface area contributed by atoms with E-state index in [0.717, 1.165) is 16.8 Å². The topological polar surface area (TPSA) is 196 Å². The van der Waals surface area contributed by atoms with Crippen LogP contribution in [0.2, 0.25) is 0 Å². The summed E-state index contributed by atoms with van der Waals surface area (Å²) in [5.74, 6) is 3.20. The van der Waals surface area contributed by atoms with Gasteiger partial charge in [0.2, 0.25) is 0 Å². The first-order chi connectivity index (χ1) is 37.8. The Bertz CT molecular complexity index is 3150. The van der Waals surface area contributed by atoms with Crippen molar-refractivity contribution in [3.05, 3.63) is 192 Å². The van der Waals surface area contributed by atoms with Crippen LogP contribution in [0.1, 0.15) is 63.0 Å². The third-order valence-corrected chi connectivity index (χ3v) is 13.2. The second-order valence-electron chi connectivity index (χ2n) is 19.6. The van der Waals surface area contributed by atoms with Gasteiger partial charge in [-0.1, -0.05) is 38.1 Å². The summed E-state index contributed by atoms with van der Waals surface area (Å²) < 4.78 is 63.4. The van der Waals surface area contributed by atoms with E-state index in [4.69, 9.17) is 42.2 Å². The monoisotopic (exact) mass is 1100 g/mol. The second-order valence-corrected chi connectivity index (χ2v) is 21.1. The molecule has 0 heterocycles. The summed E-state index contributed by atoms with van der Waals surface area (Å²) in [6.07, 6.45) is 0. The quantitative estimate of drug-likeness (QED) is 0.0132. The van der Waals surface area contributed by atoms with E-state index in [0.29, 0.717) is 73.8 Å². The Morgan fingerprint density at radius 3 is 1.34 bits per heavy atom. The van der Waals surface area contributed by atoms with Crippen molar-refractivity contribution in [1.29, 1.82) is 0 Å². The average molecular weight is 1100 g/mol. The normalized spacial score (nSPS) is 12.2. The van der Waals surface area contributed by atoms with Crippen molar-refractivity contribution < 1.29 is 70.5 Å². The van der Waals surface area contributed by atoms with Crippen molar-refractivity contribution in [1.82, 2.24) is 0 Å². The molecule has 7 rings (SSSR count). The first kappa shape index (κ1) is 58.8. The van der Waals surface area contributed by atoms with Crippen LogP contribution in [0.25, 0.3) is 0 Å². The number of benzene rings is 7. The molecule has 3 N–H and O–H groups in total. The number of ether oxygens (including phenoxy) is 7. The van der Waals surface area contributed by atoms with Crippen LogP contribution in [0, 0.1) is 0 Å². The van der Waals surface area contributed by atoms with Gasteiger partial charge in [-0.05, 0) is 152 Å². The largest absolute Gasteiger partial charge is 0.472 e. The van der Waals surface area contributed by atoms with Crippen LogP contribution in [-0.4, -0.2) is 108 Å². The van der Waals surface area contributed by atoms with Crippen molar-refractivity contribution in [2.75, 3.05) is 91.6 Å². The average Bonchev–Trinajstić information content (AvgIpc) is 3.47. The maximum Gasteiger partial charge on any atom is 0.472 e. The third kappa shape index (κ3) is 18.7. The number of phosphoric ester groups is 1. The fourth-order valence-corrected chi connectivity index (χ4v) is 8.30. The molecule has 0 radical (unpaired) electrons. The SMILES string of the molecule is CNc1ccc(Oc2cc(Oc3ccc(NC(=O)c4ccc(Oc5ccc(C(C)(C)c6ccc(Oc7ccc(C(C)=O)cc7)cc6)cc5)cc4)cc3)cc(C(=O)OCCOCCOCCOP(=O)(O)OCC[N+](C)(C)C)c2)cc1. The van der Waals surface area contributed by atoms with Crippen molar-refractivity contribution in [2.45, 2.75) is 26.2 Å². The van der Waals surface area contributed by atoms with E-state index in [1.54, 1.807) is 97.1 Å². The third-order valence-electron chi connectivity index (χ3n) is 12.2. The zero-order chi connectivity index (χ0) is 56.4. The highest BCUT2D eigenvalue weighted by Gasteiger charge is 2.24. The van der Waals surface area contributed by atoms with Gasteiger partial charge in [-0.25, -0.2) is 9.36 Å². The van der Waals surface area contributed by atoms with Gasteiger partial charge in [-0.15, -0.1) is 0 Å². The number of carbonyl (C=O) groups excluding carboxylic acids is 3. The fourth-order valence-electron chi connectivity index (χ4n) is 7.61. The molecule has 414 valence electrons. The predicted octanol–water partition coefficient (Wildman–Crippen LogP) is 12.7. The van der Waals surface area contributed by atoms with Gasteiger partial charge in [0.25, 0.3) is 5.91 Å². The van der Waals surface area contributed by atoms with E-state index < -0.39 is 13.8 Å². The van der Waals surface area contributed by atoms with Crippen molar-refractivity contribution in [3.8, 4) is 46.0 Å². The number of nitrogens with zero attached hydrogens (tertiary/aromatic N) is 1. The molecule has 7 aromatic rings. The van der Waals surface area contributed by atoms with E-state index in [9.17, 15) is 23.8 Å². The molecular weight excluding hydrogens is 1030 g/mol. The van der Waals surface area contributed by atoms with Gasteiger partial charge in [-0.2, -0.15) is 0 Å². The summed E-state index contributed by atoms with van der Waals surface area (Å²) >= 11 is 0. The van der Waals surface area contributed by atoms with Gasteiger partial charge in [0.15, 0.2) is 5.78 Å². The molecule has 0 saturated heterocycles. The highest BCUT2D eigenvalue weighted by molar-refractivity contribution is 7.47. The number of Topliss-reactive ketones (excluding diaryl/α,β-unsaturated/α-hetero) is 1. The summed E-state index contributed by atoms with van der Waals surface area (Å²) in [6.45, 7) is 6.78. The first-order valence-electron chi connectivity index (χ1n) is 25.5. The lowest BCUT2D eigenvalue weighted by molar-refractivity contribution is -0.870. The molecule has 1 atom stereocenters. The second kappa shape index (κ2) is 27.6. The minimum atomic E-state index is -4.17. The zero-order valence-corrected chi connectivity index (χ0v) is 46.3. The number of phosphoric acid groups is 1. The van der Waals surface area contributed by atoms with Crippen LogP contribution in [0.15, 0.2) is 164 Å². The van der Waals surface area contributed by atoms with Crippen LogP contribution >= 0.6 is 7.82 Å². The van der Waals surface area contributed by atoms with Crippen molar-refractivity contribution >= 4 is 36.9 Å². The number of anilines is 2. The molecule has 17 nitrogen and oxygen atoms in total. The van der Waals surface area contributed by atoms with Gasteiger partial charge >= 0.3 is 13.8 Å². The summed E-state index contributed by atoms with van der Waals surface area (Å²) in [4.78, 5) is 48.1. The molecule has 18 heteroatoms. The number of esters is 1. The lowest BCUT2D eigenvalue weighted by Gasteiger charge is -2.26. The molecule has 0 aliphatic carbocycles. The van der Waals surface area contributed by atoms with Crippen LogP contribution < -0.4 is 29.6 Å². The number of likely N-dealkylation sites (N-methyl/N-ethyl adjacent to an activating group) is 1. The number of nitrogens with one attached hydrogen (secondary N) is 2. The Kier molecular flexibility index (Phi) is 20.6. The molecule has 7 aromatic carbocycles. The van der Waals surface area contributed by atoms with Crippen LogP contribution in [0.5, 0.6) is 46.0 Å². The Morgan fingerprint density at radius 1 is 0.494 bits per heavy atom. The molecular formula is C61H67N3O14P+. The molecule has 79 heavy (non-hydrogen) atoms. The molecule has 1 amide bonds. The van der Waals surface area contributed by atoms with Crippen molar-refractivity contribution in [2.24, 2.45) is 0 Å². The Morgan fingerprint density at radius 2 is 0.886 bits per heavy atom. The van der Waals surface area contributed by atoms with E-state index in [1.807, 2.05) is 88.9 Å². The maximum absolute atomic E-state index is 13.3. The minimum Gasteiger partial charge on any atom is -0.460 e. The number of amides is 1. The van der Waals surface area contributed by atoms with E-state index in [-0.39, 0.29) is 68.9 Å². The first-order valence-corrected chi connectivity index (χ1v) is 27.0. The molecule has 1 unspecified atom stereocenters. The van der Waals surface area contributed by atoms with E-state index in [1.165, 1.54) is 13.0 Å². The molecule has 0 saturated carbocycles. The number of hydrogen-bond donors (Lipinski definition) is 3. The van der Waals surface area contributed by atoms with Crippen molar-refractivity contribution in [3.63, 3.8) is 0 Å². The van der Waals surface area contributed by atoms with Gasteiger partial charge in [0.05, 0.1) is 59.7 Å². The van der Waals surface area contributed by atoms with E-state index in [2.05, 4.69) is 24.5 Å². The lowest BCUT2D eigenvalue weighted by atomic mass is 9.78. The van der Waals surface area contributed by atoms with Crippen LogP contribution in [-0.2, 0) is 33.2 Å². The minimum absolute atomic E-state index is 0.00645. The van der Waals surface area contributed by atoms with Gasteiger partial charge in [0, 0.05) is 41.0 Å². The predicted molar refractivity (Wildman–Crippen MR) is 302 cm³/mol. The summed E-state index contributed by atoms with van der Waals surface area (Å²) in [5.41, 5.74) is 4.55. The number of ketones is 1. The molecule has 0 spiro atoms. The van der Waals surface area contributed by atoms with Gasteiger partial charge in [-0.3, -0.25) is 18.6 Å². The smallest absolute Gasteiger partial charge is 0.460 e. The molecule has 0 aliphatic heterocycles. The summed E-state index contributed by atoms with van der Waals surface area (Å²) in [6, 6.07) is 48.6. The van der Waals surface area contributed by atoms with Crippen LogP contribution in [0.3, 0.4) is 0 Å². The Balaban J connectivity index is 0.873. The molecule has 0 aliphatic rings. The number of carbonyl (C=O) groups is 3. The summed E-state index contributed by atoms with van der Waals surface area (Å²) in [7, 11) is 3.47. The standard InChI is InChI=1S/C61H66N3O14P/c1-43(65)44-8-20-51(21-9-44)75-53-24-12-47(13-25-53)61(2,3)48-14-26-54(27-15-48)76-52-22-10-45(11-23-52)59(66)63-50-18-30-56(31-19-50)78-58-41-46(40-57(42-58)77-55-28-16-49(62-4)17-29-55)60(67)72-38-36-70-34-35-71-37-39-74-79(68,69)73-33-32-64(5,6)7/h8-31,40-42,62H,32-39H2,1-7H3,(H-,63,66,68,69)/p+1. The number of rotatable bonds is 29. The molecule has 0 bridgehead atoms. The Labute approximate surface area is 461 Å². The highest BCUT2D eigenvalue weighted by atomic mass is 31.2. The van der Waals surface area contributed by atoms with E-state index >= 15 is 0 Å². The van der Waals surface area contributed by atoms with Gasteiger partial charge < -0.3 is 53.2 Å². The number of hydrogen-bond acceptors (Lipinski definition) is 14. The lowest BCUT2D eigenvalue weighted by Crippen LogP contribution is -2.37. The maximum atomic E-state index is 13.3. The van der Waals surface area contributed by atoms with Gasteiger partial charge in [0.1, 0.15) is 65.8 Å². The summed E-state index contributed by atoms with van der Waals surface area (Å²) in [5, 5.41) is 5.98. The fraction of sp³-hybridized carbons (Fsp3) is 0.262.